The van der Waals surface area contributed by atoms with Crippen molar-refractivity contribution in [2.45, 2.75) is 6.92 Å². The molecule has 0 spiro atoms. The van der Waals surface area contributed by atoms with Crippen molar-refractivity contribution in [1.82, 2.24) is 20.2 Å². The molecular weight excluding hydrogens is 194 g/mol. The molecule has 2 aromatic heterocycles. The molecule has 0 atom stereocenters. The third kappa shape index (κ3) is 2.16. The van der Waals surface area contributed by atoms with Gasteiger partial charge in [-0.1, -0.05) is 6.07 Å². The predicted octanol–water partition coefficient (Wildman–Crippen LogP) is 0.760. The number of H-pyrrole nitrogens is 1. The van der Waals surface area contributed by atoms with Crippen LogP contribution in [0.4, 0.5) is 5.95 Å². The fourth-order valence-electron chi connectivity index (χ4n) is 1.06. The van der Waals surface area contributed by atoms with E-state index in [0.717, 1.165) is 0 Å². The molecule has 0 radical (unpaired) electrons. The topological polar surface area (TPSA) is 83.6 Å². The Balaban J connectivity index is 2.11. The van der Waals surface area contributed by atoms with Crippen LogP contribution in [0, 0.1) is 6.92 Å². The van der Waals surface area contributed by atoms with Gasteiger partial charge in [0, 0.05) is 6.20 Å². The summed E-state index contributed by atoms with van der Waals surface area (Å²) in [5.74, 6) is 0.573. The lowest BCUT2D eigenvalue weighted by atomic mass is 10.3. The van der Waals surface area contributed by atoms with E-state index in [4.69, 9.17) is 0 Å². The first-order valence-electron chi connectivity index (χ1n) is 4.37. The van der Waals surface area contributed by atoms with Gasteiger partial charge in [0.1, 0.15) is 11.5 Å². The summed E-state index contributed by atoms with van der Waals surface area (Å²) in [4.78, 5) is 19.4. The lowest BCUT2D eigenvalue weighted by Crippen LogP contribution is -2.14. The largest absolute Gasteiger partial charge is 0.288 e. The maximum absolute atomic E-state index is 11.6. The molecule has 0 aromatic carbocycles. The number of amides is 1. The van der Waals surface area contributed by atoms with Crippen molar-refractivity contribution < 1.29 is 4.79 Å². The molecule has 2 aromatic rings. The van der Waals surface area contributed by atoms with Crippen LogP contribution in [0.5, 0.6) is 0 Å². The lowest BCUT2D eigenvalue weighted by Gasteiger charge is -1.98. The maximum Gasteiger partial charge on any atom is 0.276 e. The van der Waals surface area contributed by atoms with Gasteiger partial charge in [0.2, 0.25) is 5.95 Å². The Hall–Kier alpha value is -2.24. The summed E-state index contributed by atoms with van der Waals surface area (Å²) in [6.45, 7) is 1.75. The fourth-order valence-corrected chi connectivity index (χ4v) is 1.06. The van der Waals surface area contributed by atoms with Gasteiger partial charge < -0.3 is 0 Å². The number of carbonyl (C=O) groups is 1. The molecule has 0 saturated carbocycles. The van der Waals surface area contributed by atoms with Crippen LogP contribution >= 0.6 is 0 Å². The Morgan fingerprint density at radius 1 is 1.47 bits per heavy atom. The zero-order chi connectivity index (χ0) is 10.7. The van der Waals surface area contributed by atoms with Crippen LogP contribution in [0.2, 0.25) is 0 Å². The van der Waals surface area contributed by atoms with Gasteiger partial charge in [-0.3, -0.25) is 20.2 Å². The summed E-state index contributed by atoms with van der Waals surface area (Å²) in [6.07, 6.45) is 1.55. The maximum atomic E-state index is 11.6. The summed E-state index contributed by atoms with van der Waals surface area (Å²) in [5.41, 5.74) is 0.333. The monoisotopic (exact) mass is 203 g/mol. The average molecular weight is 203 g/mol. The van der Waals surface area contributed by atoms with Crippen LogP contribution in [0.15, 0.2) is 24.4 Å². The molecule has 2 N–H and O–H groups in total. The molecule has 0 unspecified atom stereocenters. The van der Waals surface area contributed by atoms with Crippen LogP contribution in [0.1, 0.15) is 16.3 Å². The Labute approximate surface area is 85.8 Å². The number of nitrogens with one attached hydrogen (secondary N) is 2. The second kappa shape index (κ2) is 3.87. The number of pyridine rings is 1. The number of nitrogens with zero attached hydrogens (tertiary/aromatic N) is 3. The molecule has 1 amide bonds. The van der Waals surface area contributed by atoms with Gasteiger partial charge in [0.25, 0.3) is 5.91 Å². The van der Waals surface area contributed by atoms with E-state index in [1.165, 1.54) is 0 Å². The van der Waals surface area contributed by atoms with E-state index in [0.29, 0.717) is 11.5 Å². The molecular formula is C9H9N5O. The minimum atomic E-state index is -0.324. The van der Waals surface area contributed by atoms with Crippen molar-refractivity contribution >= 4 is 11.9 Å². The van der Waals surface area contributed by atoms with E-state index in [1.54, 1.807) is 31.3 Å². The van der Waals surface area contributed by atoms with Gasteiger partial charge >= 0.3 is 0 Å². The Morgan fingerprint density at radius 3 is 2.93 bits per heavy atom. The molecule has 6 nitrogen and oxygen atoms in total. The van der Waals surface area contributed by atoms with Crippen molar-refractivity contribution in [3.05, 3.63) is 35.9 Å². The Bertz CT molecular complexity index is 464. The number of aryl methyl sites for hydroxylation is 1. The number of aromatic nitrogens is 4. The van der Waals surface area contributed by atoms with E-state index >= 15 is 0 Å². The van der Waals surface area contributed by atoms with Crippen LogP contribution in [-0.2, 0) is 0 Å². The van der Waals surface area contributed by atoms with Gasteiger partial charge in [-0.25, -0.2) is 0 Å². The van der Waals surface area contributed by atoms with Crippen molar-refractivity contribution in [3.63, 3.8) is 0 Å². The van der Waals surface area contributed by atoms with Crippen LogP contribution in [-0.4, -0.2) is 26.1 Å². The molecule has 0 fully saturated rings. The highest BCUT2D eigenvalue weighted by atomic mass is 16.2. The zero-order valence-electron chi connectivity index (χ0n) is 8.06. The number of anilines is 1. The smallest absolute Gasteiger partial charge is 0.276 e. The highest BCUT2D eigenvalue weighted by molar-refractivity contribution is 6.01. The molecule has 0 aliphatic rings. The molecule has 0 bridgehead atoms. The van der Waals surface area contributed by atoms with Gasteiger partial charge in [-0.2, -0.15) is 4.98 Å². The second-order valence-corrected chi connectivity index (χ2v) is 2.91. The number of carbonyl (C=O) groups excluding carboxylic acids is 1. The third-order valence-electron chi connectivity index (χ3n) is 1.72. The normalized spacial score (nSPS) is 9.93. The summed E-state index contributed by atoms with van der Waals surface area (Å²) in [6, 6.07) is 5.10. The van der Waals surface area contributed by atoms with Crippen molar-refractivity contribution in [3.8, 4) is 0 Å². The predicted molar refractivity (Wildman–Crippen MR) is 53.3 cm³/mol. The second-order valence-electron chi connectivity index (χ2n) is 2.91. The molecule has 0 aliphatic heterocycles. The molecule has 0 saturated heterocycles. The summed E-state index contributed by atoms with van der Waals surface area (Å²) < 4.78 is 0. The van der Waals surface area contributed by atoms with E-state index < -0.39 is 0 Å². The summed E-state index contributed by atoms with van der Waals surface area (Å²) >= 11 is 0. The first-order valence-corrected chi connectivity index (χ1v) is 4.37. The standard InChI is InChI=1S/C9H9N5O/c1-6-11-9(14-13-6)12-8(15)7-4-2-3-5-10-7/h2-5H,1H3,(H2,11,12,13,14,15). The lowest BCUT2D eigenvalue weighted by molar-refractivity contribution is 0.102. The first-order chi connectivity index (χ1) is 7.25. The third-order valence-corrected chi connectivity index (χ3v) is 1.72. The molecule has 2 rings (SSSR count). The van der Waals surface area contributed by atoms with E-state index in [2.05, 4.69) is 25.5 Å². The van der Waals surface area contributed by atoms with Crippen LogP contribution in [0.3, 0.4) is 0 Å². The Kier molecular flexibility index (Phi) is 2.40. The van der Waals surface area contributed by atoms with Crippen molar-refractivity contribution in [1.29, 1.82) is 0 Å². The van der Waals surface area contributed by atoms with Gasteiger partial charge in [-0.05, 0) is 19.1 Å². The molecule has 6 heteroatoms. The van der Waals surface area contributed by atoms with Gasteiger partial charge in [-0.15, -0.1) is 5.10 Å². The van der Waals surface area contributed by atoms with Crippen LogP contribution in [0.25, 0.3) is 0 Å². The Morgan fingerprint density at radius 2 is 2.33 bits per heavy atom. The highest BCUT2D eigenvalue weighted by Crippen LogP contribution is 2.00. The van der Waals surface area contributed by atoms with E-state index in [1.807, 2.05) is 0 Å². The highest BCUT2D eigenvalue weighted by Gasteiger charge is 2.08. The number of aromatic amines is 1. The van der Waals surface area contributed by atoms with Crippen molar-refractivity contribution in [2.24, 2.45) is 0 Å². The minimum Gasteiger partial charge on any atom is -0.288 e. The number of hydrogen-bond acceptors (Lipinski definition) is 4. The first kappa shape index (κ1) is 9.32. The summed E-state index contributed by atoms with van der Waals surface area (Å²) in [5, 5.41) is 8.94. The molecule has 76 valence electrons. The summed E-state index contributed by atoms with van der Waals surface area (Å²) in [7, 11) is 0. The quantitative estimate of drug-likeness (QED) is 0.754. The van der Waals surface area contributed by atoms with Crippen LogP contribution < -0.4 is 5.32 Å². The molecule has 15 heavy (non-hydrogen) atoms. The molecule has 2 heterocycles. The SMILES string of the molecule is Cc1nc(NC(=O)c2ccccn2)n[nH]1. The van der Waals surface area contributed by atoms with Gasteiger partial charge in [0.15, 0.2) is 0 Å². The van der Waals surface area contributed by atoms with E-state index in [-0.39, 0.29) is 11.9 Å². The fraction of sp³-hybridized carbons (Fsp3) is 0.111. The van der Waals surface area contributed by atoms with Gasteiger partial charge in [0.05, 0.1) is 0 Å². The van der Waals surface area contributed by atoms with E-state index in [9.17, 15) is 4.79 Å². The number of hydrogen-bond donors (Lipinski definition) is 2. The minimum absolute atomic E-state index is 0.253. The van der Waals surface area contributed by atoms with Crippen molar-refractivity contribution in [2.75, 3.05) is 5.32 Å². The average Bonchev–Trinajstić information content (AvgIpc) is 2.65. The molecule has 0 aliphatic carbocycles. The number of rotatable bonds is 2. The zero-order valence-corrected chi connectivity index (χ0v) is 8.06.